The van der Waals surface area contributed by atoms with Crippen molar-refractivity contribution in [3.63, 3.8) is 0 Å². The van der Waals surface area contributed by atoms with Gasteiger partial charge in [-0.3, -0.25) is 8.80 Å². The van der Waals surface area contributed by atoms with Gasteiger partial charge in [-0.15, -0.1) is 0 Å². The van der Waals surface area contributed by atoms with E-state index in [1.807, 2.05) is 78.9 Å². The zero-order valence-electron chi connectivity index (χ0n) is 35.6. The minimum atomic E-state index is 0.615. The highest BCUT2D eigenvalue weighted by Gasteiger charge is 2.18. The maximum atomic E-state index is 5.06. The lowest BCUT2D eigenvalue weighted by Gasteiger charge is -2.11. The third-order valence-electron chi connectivity index (χ3n) is 12.1. The summed E-state index contributed by atoms with van der Waals surface area (Å²) >= 11 is 0. The molecule has 7 heteroatoms. The Bertz CT molecular complexity index is 3420. The van der Waals surface area contributed by atoms with E-state index in [2.05, 4.69) is 167 Å². The van der Waals surface area contributed by atoms with Crippen LogP contribution >= 0.6 is 0 Å². The van der Waals surface area contributed by atoms with Crippen LogP contribution in [0.2, 0.25) is 0 Å². The first-order chi connectivity index (χ1) is 32.7. The van der Waals surface area contributed by atoms with E-state index < -0.39 is 0 Å². The summed E-state index contributed by atoms with van der Waals surface area (Å²) in [5.41, 5.74) is 17.5. The largest absolute Gasteiger partial charge is 0.299 e. The molecule has 5 aromatic heterocycles. The van der Waals surface area contributed by atoms with E-state index >= 15 is 0 Å². The van der Waals surface area contributed by atoms with Crippen molar-refractivity contribution in [3.8, 4) is 101 Å². The number of hydrogen-bond acceptors (Lipinski definition) is 5. The van der Waals surface area contributed by atoms with E-state index in [4.69, 9.17) is 24.9 Å². The van der Waals surface area contributed by atoms with Crippen LogP contribution in [0.15, 0.2) is 237 Å². The second-order valence-corrected chi connectivity index (χ2v) is 16.2. The van der Waals surface area contributed by atoms with Crippen molar-refractivity contribution in [1.82, 2.24) is 33.7 Å². The number of benzene rings is 7. The summed E-state index contributed by atoms with van der Waals surface area (Å²) in [7, 11) is 0. The zero-order chi connectivity index (χ0) is 43.8. The Labute approximate surface area is 381 Å². The average molecular weight is 846 g/mol. The van der Waals surface area contributed by atoms with Gasteiger partial charge in [0.15, 0.2) is 17.5 Å². The van der Waals surface area contributed by atoms with E-state index in [1.54, 1.807) is 0 Å². The molecule has 5 heterocycles. The fourth-order valence-corrected chi connectivity index (χ4v) is 8.75. The van der Waals surface area contributed by atoms with E-state index in [-0.39, 0.29) is 0 Å². The Morgan fingerprint density at radius 1 is 0.212 bits per heavy atom. The van der Waals surface area contributed by atoms with Gasteiger partial charge < -0.3 is 0 Å². The zero-order valence-corrected chi connectivity index (χ0v) is 35.6. The van der Waals surface area contributed by atoms with Crippen molar-refractivity contribution in [2.45, 2.75) is 0 Å². The first-order valence-electron chi connectivity index (χ1n) is 22.0. The number of aromatic nitrogens is 7. The summed E-state index contributed by atoms with van der Waals surface area (Å²) in [5.74, 6) is 1.85. The van der Waals surface area contributed by atoms with Gasteiger partial charge >= 0.3 is 0 Å². The van der Waals surface area contributed by atoms with Crippen molar-refractivity contribution in [3.05, 3.63) is 237 Å². The lowest BCUT2D eigenvalue weighted by molar-refractivity contribution is 1.07. The molecule has 0 spiro atoms. The number of nitrogens with zero attached hydrogens (tertiary/aromatic N) is 7. The van der Waals surface area contributed by atoms with Gasteiger partial charge in [-0.05, 0) is 46.5 Å². The van der Waals surface area contributed by atoms with Gasteiger partial charge in [0.1, 0.15) is 11.3 Å². The summed E-state index contributed by atoms with van der Waals surface area (Å²) in [6, 6.07) is 77.4. The van der Waals surface area contributed by atoms with Crippen LogP contribution in [0.5, 0.6) is 0 Å². The molecule has 0 amide bonds. The first kappa shape index (κ1) is 38.6. The van der Waals surface area contributed by atoms with Gasteiger partial charge in [0.25, 0.3) is 0 Å². The van der Waals surface area contributed by atoms with Crippen LogP contribution in [0.1, 0.15) is 0 Å². The van der Waals surface area contributed by atoms with Crippen LogP contribution in [0.3, 0.4) is 0 Å². The fourth-order valence-electron chi connectivity index (χ4n) is 8.75. The van der Waals surface area contributed by atoms with Gasteiger partial charge in [-0.1, -0.05) is 200 Å². The van der Waals surface area contributed by atoms with Crippen molar-refractivity contribution >= 4 is 11.3 Å². The molecule has 0 aliphatic heterocycles. The predicted molar refractivity (Wildman–Crippen MR) is 266 cm³/mol. The Kier molecular flexibility index (Phi) is 9.69. The molecule has 0 fully saturated rings. The molecular weight excluding hydrogens is 807 g/mol. The Balaban J connectivity index is 0.834. The molecule has 0 radical (unpaired) electrons. The molecule has 0 N–H and O–H groups in total. The highest BCUT2D eigenvalue weighted by molar-refractivity contribution is 5.85. The molecule has 0 aliphatic carbocycles. The molecule has 0 saturated heterocycles. The average Bonchev–Trinajstić information content (AvgIpc) is 3.99. The van der Waals surface area contributed by atoms with Crippen LogP contribution in [0.4, 0.5) is 0 Å². The Hall–Kier alpha value is -9.07. The summed E-state index contributed by atoms with van der Waals surface area (Å²) in [4.78, 5) is 25.1. The van der Waals surface area contributed by atoms with Crippen molar-refractivity contribution < 1.29 is 0 Å². The van der Waals surface area contributed by atoms with Crippen LogP contribution in [-0.2, 0) is 0 Å². The highest BCUT2D eigenvalue weighted by atomic mass is 15.0. The van der Waals surface area contributed by atoms with Crippen LogP contribution in [0, 0.1) is 0 Å². The third-order valence-corrected chi connectivity index (χ3v) is 12.1. The van der Waals surface area contributed by atoms with Gasteiger partial charge in [0.2, 0.25) is 0 Å². The molecule has 12 rings (SSSR count). The van der Waals surface area contributed by atoms with Gasteiger partial charge in [0.05, 0.1) is 22.8 Å². The van der Waals surface area contributed by atoms with Crippen molar-refractivity contribution in [2.24, 2.45) is 0 Å². The van der Waals surface area contributed by atoms with Crippen molar-refractivity contribution in [1.29, 1.82) is 0 Å². The molecule has 0 bridgehead atoms. The summed E-state index contributed by atoms with van der Waals surface area (Å²) in [6.07, 6.45) is 4.15. The molecule has 66 heavy (non-hydrogen) atoms. The topological polar surface area (TPSA) is 73.3 Å². The monoisotopic (exact) mass is 845 g/mol. The number of hydrogen-bond donors (Lipinski definition) is 0. The lowest BCUT2D eigenvalue weighted by atomic mass is 9.99. The van der Waals surface area contributed by atoms with E-state index in [1.165, 1.54) is 0 Å². The number of pyridine rings is 2. The minimum absolute atomic E-state index is 0.615. The maximum Gasteiger partial charge on any atom is 0.164 e. The summed E-state index contributed by atoms with van der Waals surface area (Å²) in [5, 5.41) is 0. The van der Waals surface area contributed by atoms with E-state index in [0.717, 1.165) is 95.3 Å². The fraction of sp³-hybridized carbons (Fsp3) is 0. The molecule has 7 aromatic carbocycles. The van der Waals surface area contributed by atoms with E-state index in [0.29, 0.717) is 17.5 Å². The SMILES string of the molecule is c1ccc(-c2nc(-c3ccc(-c4ccc(-c5c(-c6ccccc6)nc6ccccn56)cc4)cc3)nc(-c3ccc(-c4ccc(-c5c(-c6ccccc6)nc6ccccn56)cc4)cc3)n2)cc1. The predicted octanol–water partition coefficient (Wildman–Crippen LogP) is 14.2. The second-order valence-electron chi connectivity index (χ2n) is 16.2. The third kappa shape index (κ3) is 7.20. The summed E-state index contributed by atoms with van der Waals surface area (Å²) < 4.78 is 4.33. The quantitative estimate of drug-likeness (QED) is 0.145. The van der Waals surface area contributed by atoms with Crippen LogP contribution < -0.4 is 0 Å². The van der Waals surface area contributed by atoms with Crippen molar-refractivity contribution in [2.75, 3.05) is 0 Å². The van der Waals surface area contributed by atoms with Gasteiger partial charge in [-0.25, -0.2) is 24.9 Å². The highest BCUT2D eigenvalue weighted by Crippen LogP contribution is 2.37. The van der Waals surface area contributed by atoms with E-state index in [9.17, 15) is 0 Å². The molecular formula is C59H39N7. The molecule has 0 saturated carbocycles. The molecule has 7 nitrogen and oxygen atoms in total. The maximum absolute atomic E-state index is 5.06. The molecule has 310 valence electrons. The first-order valence-corrected chi connectivity index (χ1v) is 22.0. The van der Waals surface area contributed by atoms with Gasteiger partial charge in [-0.2, -0.15) is 0 Å². The minimum Gasteiger partial charge on any atom is -0.299 e. The standard InChI is InChI=1S/C59H39N7/c1-4-14-44(15-5-1)53-55(65-38-12-10-20-51(65)60-53)46-30-22-40(23-31-46)42-26-34-49(35-27-42)58-62-57(48-18-8-3-9-19-48)63-59(64-58)50-36-28-43(29-37-50)41-24-32-47(33-25-41)56-54(45-16-6-2-7-17-45)61-52-21-11-13-39-66(52)56/h1-39H. The Morgan fingerprint density at radius 3 is 0.833 bits per heavy atom. The lowest BCUT2D eigenvalue weighted by Crippen LogP contribution is -2.00. The Morgan fingerprint density at radius 2 is 0.485 bits per heavy atom. The molecule has 0 atom stereocenters. The van der Waals surface area contributed by atoms with Crippen LogP contribution in [-0.4, -0.2) is 33.7 Å². The second kappa shape index (κ2) is 16.6. The smallest absolute Gasteiger partial charge is 0.164 e. The van der Waals surface area contributed by atoms with Gasteiger partial charge in [0, 0.05) is 51.3 Å². The number of fused-ring (bicyclic) bond motifs is 2. The summed E-state index contributed by atoms with van der Waals surface area (Å²) in [6.45, 7) is 0. The number of rotatable bonds is 9. The number of imidazole rings is 2. The molecule has 0 aliphatic rings. The van der Waals surface area contributed by atoms with Crippen LogP contribution in [0.25, 0.3) is 113 Å². The normalized spacial score (nSPS) is 11.3. The molecule has 12 aromatic rings. The molecule has 0 unspecified atom stereocenters.